The summed E-state index contributed by atoms with van der Waals surface area (Å²) in [5.41, 5.74) is 2.19. The molecule has 1 aromatic rings. The molecule has 1 amide bonds. The van der Waals surface area contributed by atoms with Crippen molar-refractivity contribution in [2.45, 2.75) is 26.2 Å². The van der Waals surface area contributed by atoms with E-state index in [1.807, 2.05) is 25.1 Å². The van der Waals surface area contributed by atoms with Gasteiger partial charge in [0.15, 0.2) is 0 Å². The van der Waals surface area contributed by atoms with Gasteiger partial charge in [-0.05, 0) is 55.4 Å². The molecule has 0 atom stereocenters. The topological polar surface area (TPSA) is 29.1 Å². The SMILES string of the molecule is Cc1cc(C(=O)NCC2(CCBr)CC2)ccc1Br. The van der Waals surface area contributed by atoms with Crippen molar-refractivity contribution in [3.8, 4) is 0 Å². The average Bonchev–Trinajstić information content (AvgIpc) is 3.11. The van der Waals surface area contributed by atoms with Crippen molar-refractivity contribution >= 4 is 37.8 Å². The molecular formula is C14H17Br2NO. The number of benzene rings is 1. The molecule has 1 saturated carbocycles. The van der Waals surface area contributed by atoms with E-state index in [0.717, 1.165) is 33.9 Å². The van der Waals surface area contributed by atoms with Gasteiger partial charge in [-0.1, -0.05) is 31.9 Å². The molecule has 0 heterocycles. The van der Waals surface area contributed by atoms with E-state index >= 15 is 0 Å². The van der Waals surface area contributed by atoms with Gasteiger partial charge in [-0.2, -0.15) is 0 Å². The minimum atomic E-state index is 0.0337. The van der Waals surface area contributed by atoms with Crippen molar-refractivity contribution in [3.63, 3.8) is 0 Å². The number of nitrogens with one attached hydrogen (secondary N) is 1. The summed E-state index contributed by atoms with van der Waals surface area (Å²) in [7, 11) is 0. The number of alkyl halides is 1. The minimum absolute atomic E-state index is 0.0337. The molecule has 0 bridgehead atoms. The van der Waals surface area contributed by atoms with Gasteiger partial charge in [0.25, 0.3) is 5.91 Å². The number of aryl methyl sites for hydroxylation is 1. The molecule has 0 unspecified atom stereocenters. The lowest BCUT2D eigenvalue weighted by atomic mass is 10.0. The largest absolute Gasteiger partial charge is 0.351 e. The van der Waals surface area contributed by atoms with E-state index in [2.05, 4.69) is 37.2 Å². The Kier molecular flexibility index (Phi) is 4.49. The third-order valence-electron chi connectivity index (χ3n) is 3.63. The van der Waals surface area contributed by atoms with E-state index in [-0.39, 0.29) is 5.91 Å². The second-order valence-electron chi connectivity index (χ2n) is 5.09. The number of rotatable bonds is 5. The number of amides is 1. The monoisotopic (exact) mass is 373 g/mol. The lowest BCUT2D eigenvalue weighted by Gasteiger charge is -2.14. The molecule has 0 radical (unpaired) electrons. The first-order valence-electron chi connectivity index (χ1n) is 6.17. The molecule has 0 spiro atoms. The summed E-state index contributed by atoms with van der Waals surface area (Å²) in [5.74, 6) is 0.0337. The standard InChI is InChI=1S/C14H17Br2NO/c1-10-8-11(2-3-12(10)16)13(18)17-9-14(4-5-14)6-7-15/h2-3,8H,4-7,9H2,1H3,(H,17,18). The molecule has 1 N–H and O–H groups in total. The lowest BCUT2D eigenvalue weighted by Crippen LogP contribution is -2.30. The quantitative estimate of drug-likeness (QED) is 0.774. The Morgan fingerprint density at radius 1 is 1.44 bits per heavy atom. The van der Waals surface area contributed by atoms with Crippen LogP contribution in [0, 0.1) is 12.3 Å². The maximum Gasteiger partial charge on any atom is 0.251 e. The highest BCUT2D eigenvalue weighted by molar-refractivity contribution is 9.10. The van der Waals surface area contributed by atoms with Gasteiger partial charge in [-0.15, -0.1) is 0 Å². The Morgan fingerprint density at radius 2 is 2.17 bits per heavy atom. The van der Waals surface area contributed by atoms with Crippen LogP contribution in [0.4, 0.5) is 0 Å². The predicted octanol–water partition coefficient (Wildman–Crippen LogP) is 4.05. The normalized spacial score (nSPS) is 16.4. The number of hydrogen-bond donors (Lipinski definition) is 1. The van der Waals surface area contributed by atoms with E-state index < -0.39 is 0 Å². The highest BCUT2D eigenvalue weighted by atomic mass is 79.9. The van der Waals surface area contributed by atoms with Gasteiger partial charge >= 0.3 is 0 Å². The van der Waals surface area contributed by atoms with Gasteiger partial charge in [0.2, 0.25) is 0 Å². The van der Waals surface area contributed by atoms with Crippen LogP contribution in [0.2, 0.25) is 0 Å². The molecule has 1 aliphatic carbocycles. The summed E-state index contributed by atoms with van der Waals surface area (Å²) < 4.78 is 1.04. The number of hydrogen-bond acceptors (Lipinski definition) is 1. The Morgan fingerprint density at radius 3 is 2.72 bits per heavy atom. The number of carbonyl (C=O) groups is 1. The van der Waals surface area contributed by atoms with Gasteiger partial charge in [0.05, 0.1) is 0 Å². The van der Waals surface area contributed by atoms with Crippen LogP contribution in [-0.4, -0.2) is 17.8 Å². The van der Waals surface area contributed by atoms with Crippen LogP contribution in [0.25, 0.3) is 0 Å². The van der Waals surface area contributed by atoms with Crippen molar-refractivity contribution in [2.75, 3.05) is 11.9 Å². The summed E-state index contributed by atoms with van der Waals surface area (Å²) in [5, 5.41) is 4.07. The summed E-state index contributed by atoms with van der Waals surface area (Å²) in [6.07, 6.45) is 3.61. The van der Waals surface area contributed by atoms with Gasteiger partial charge in [0.1, 0.15) is 0 Å². The summed E-state index contributed by atoms with van der Waals surface area (Å²) in [6, 6.07) is 5.70. The number of halogens is 2. The molecule has 4 heteroatoms. The Labute approximate surface area is 125 Å². The Balaban J connectivity index is 1.93. The zero-order valence-electron chi connectivity index (χ0n) is 10.4. The smallest absolute Gasteiger partial charge is 0.251 e. The van der Waals surface area contributed by atoms with Crippen molar-refractivity contribution in [1.29, 1.82) is 0 Å². The summed E-state index contributed by atoms with van der Waals surface area (Å²) in [4.78, 5) is 12.0. The molecule has 98 valence electrons. The van der Waals surface area contributed by atoms with Gasteiger partial charge in [0, 0.05) is 21.9 Å². The molecule has 1 fully saturated rings. The summed E-state index contributed by atoms with van der Waals surface area (Å²) in [6.45, 7) is 2.79. The second-order valence-corrected chi connectivity index (χ2v) is 6.73. The fourth-order valence-electron chi connectivity index (χ4n) is 2.05. The molecule has 2 nitrogen and oxygen atoms in total. The molecule has 0 saturated heterocycles. The van der Waals surface area contributed by atoms with Crippen LogP contribution in [0.5, 0.6) is 0 Å². The first-order valence-corrected chi connectivity index (χ1v) is 8.08. The third-order valence-corrected chi connectivity index (χ3v) is 4.91. The third kappa shape index (κ3) is 3.35. The van der Waals surface area contributed by atoms with E-state index in [0.29, 0.717) is 5.41 Å². The van der Waals surface area contributed by atoms with Crippen LogP contribution < -0.4 is 5.32 Å². The number of carbonyl (C=O) groups excluding carboxylic acids is 1. The lowest BCUT2D eigenvalue weighted by molar-refractivity contribution is 0.0944. The molecular weight excluding hydrogens is 358 g/mol. The second kappa shape index (κ2) is 5.74. The molecule has 1 aromatic carbocycles. The van der Waals surface area contributed by atoms with E-state index in [4.69, 9.17) is 0 Å². The molecule has 0 aromatic heterocycles. The minimum Gasteiger partial charge on any atom is -0.351 e. The van der Waals surface area contributed by atoms with E-state index in [1.165, 1.54) is 12.8 Å². The molecule has 1 aliphatic rings. The van der Waals surface area contributed by atoms with Crippen LogP contribution in [0.3, 0.4) is 0 Å². The zero-order valence-corrected chi connectivity index (χ0v) is 13.6. The van der Waals surface area contributed by atoms with Gasteiger partial charge in [-0.3, -0.25) is 4.79 Å². The first-order chi connectivity index (χ1) is 8.56. The predicted molar refractivity (Wildman–Crippen MR) is 81.3 cm³/mol. The van der Waals surface area contributed by atoms with Gasteiger partial charge < -0.3 is 5.32 Å². The average molecular weight is 375 g/mol. The fraction of sp³-hybridized carbons (Fsp3) is 0.500. The van der Waals surface area contributed by atoms with Gasteiger partial charge in [-0.25, -0.2) is 0 Å². The molecule has 2 rings (SSSR count). The van der Waals surface area contributed by atoms with Crippen LogP contribution in [0.15, 0.2) is 22.7 Å². The first kappa shape index (κ1) is 14.1. The van der Waals surface area contributed by atoms with Crippen molar-refractivity contribution in [2.24, 2.45) is 5.41 Å². The van der Waals surface area contributed by atoms with Crippen molar-refractivity contribution < 1.29 is 4.79 Å². The van der Waals surface area contributed by atoms with E-state index in [1.54, 1.807) is 0 Å². The van der Waals surface area contributed by atoms with Crippen LogP contribution in [0.1, 0.15) is 35.2 Å². The fourth-order valence-corrected chi connectivity index (χ4v) is 3.14. The Bertz CT molecular complexity index is 455. The maximum absolute atomic E-state index is 12.0. The highest BCUT2D eigenvalue weighted by Crippen LogP contribution is 2.48. The van der Waals surface area contributed by atoms with Crippen molar-refractivity contribution in [3.05, 3.63) is 33.8 Å². The molecule has 18 heavy (non-hydrogen) atoms. The Hall–Kier alpha value is -0.350. The summed E-state index contributed by atoms with van der Waals surface area (Å²) >= 11 is 6.92. The highest BCUT2D eigenvalue weighted by Gasteiger charge is 2.41. The maximum atomic E-state index is 12.0. The van der Waals surface area contributed by atoms with E-state index in [9.17, 15) is 4.79 Å². The zero-order chi connectivity index (χ0) is 13.2. The molecule has 0 aliphatic heterocycles. The van der Waals surface area contributed by atoms with Crippen LogP contribution >= 0.6 is 31.9 Å². The van der Waals surface area contributed by atoms with Crippen molar-refractivity contribution in [1.82, 2.24) is 5.32 Å². The van der Waals surface area contributed by atoms with Crippen LogP contribution in [-0.2, 0) is 0 Å².